The molecule has 0 bridgehead atoms. The van der Waals surface area contributed by atoms with Crippen LogP contribution in [0, 0.1) is 12.7 Å². The molecule has 2 aromatic rings. The van der Waals surface area contributed by atoms with Crippen LogP contribution in [0.15, 0.2) is 48.5 Å². The van der Waals surface area contributed by atoms with Crippen molar-refractivity contribution in [3.05, 3.63) is 71.0 Å². The van der Waals surface area contributed by atoms with Gasteiger partial charge in [0.15, 0.2) is 0 Å². The second-order valence-electron chi connectivity index (χ2n) is 4.60. The van der Waals surface area contributed by atoms with Crippen LogP contribution in [-0.4, -0.2) is 5.88 Å². The number of aryl methyl sites for hydroxylation is 1. The molecule has 94 valence electrons. The Labute approximate surface area is 112 Å². The van der Waals surface area contributed by atoms with E-state index in [4.69, 9.17) is 11.6 Å². The van der Waals surface area contributed by atoms with Gasteiger partial charge in [-0.05, 0) is 36.6 Å². The molecule has 0 aromatic heterocycles. The SMILES string of the molecule is Cc1cccc(C(CCl)Cc2cccc(F)c2)c1. The number of hydrogen-bond acceptors (Lipinski definition) is 0. The summed E-state index contributed by atoms with van der Waals surface area (Å²) in [5.41, 5.74) is 3.43. The summed E-state index contributed by atoms with van der Waals surface area (Å²) in [4.78, 5) is 0. The van der Waals surface area contributed by atoms with Crippen molar-refractivity contribution in [3.8, 4) is 0 Å². The van der Waals surface area contributed by atoms with Crippen molar-refractivity contribution in [2.24, 2.45) is 0 Å². The van der Waals surface area contributed by atoms with Gasteiger partial charge in [0.1, 0.15) is 5.82 Å². The van der Waals surface area contributed by atoms with Crippen LogP contribution in [0.4, 0.5) is 4.39 Å². The summed E-state index contributed by atoms with van der Waals surface area (Å²) in [7, 11) is 0. The molecule has 2 heteroatoms. The molecule has 0 heterocycles. The molecule has 0 aliphatic heterocycles. The molecule has 0 aliphatic rings. The predicted octanol–water partition coefficient (Wildman–Crippen LogP) is 4.70. The highest BCUT2D eigenvalue weighted by Gasteiger charge is 2.11. The molecule has 2 rings (SSSR count). The van der Waals surface area contributed by atoms with Crippen LogP contribution in [0.2, 0.25) is 0 Å². The quantitative estimate of drug-likeness (QED) is 0.701. The van der Waals surface area contributed by atoms with Crippen LogP contribution in [0.1, 0.15) is 22.6 Å². The Morgan fingerprint density at radius 1 is 1.11 bits per heavy atom. The molecular formula is C16H16ClF. The predicted molar refractivity (Wildman–Crippen MR) is 74.7 cm³/mol. The number of hydrogen-bond donors (Lipinski definition) is 0. The monoisotopic (exact) mass is 262 g/mol. The molecule has 1 unspecified atom stereocenters. The van der Waals surface area contributed by atoms with Gasteiger partial charge in [0.05, 0.1) is 0 Å². The van der Waals surface area contributed by atoms with E-state index in [2.05, 4.69) is 25.1 Å². The average Bonchev–Trinajstić information content (AvgIpc) is 2.36. The fraction of sp³-hybridized carbons (Fsp3) is 0.250. The highest BCUT2D eigenvalue weighted by molar-refractivity contribution is 6.18. The average molecular weight is 263 g/mol. The molecule has 0 fully saturated rings. The summed E-state index contributed by atoms with van der Waals surface area (Å²) in [6.07, 6.45) is 0.769. The molecule has 1 atom stereocenters. The van der Waals surface area contributed by atoms with Gasteiger partial charge in [0.25, 0.3) is 0 Å². The van der Waals surface area contributed by atoms with Gasteiger partial charge in [-0.25, -0.2) is 4.39 Å². The number of halogens is 2. The van der Waals surface area contributed by atoms with Crippen molar-refractivity contribution in [1.82, 2.24) is 0 Å². The first-order valence-electron chi connectivity index (χ1n) is 6.06. The van der Waals surface area contributed by atoms with Crippen molar-refractivity contribution in [3.63, 3.8) is 0 Å². The Morgan fingerprint density at radius 3 is 2.56 bits per heavy atom. The zero-order valence-electron chi connectivity index (χ0n) is 10.4. The first-order valence-corrected chi connectivity index (χ1v) is 6.59. The Bertz CT molecular complexity index is 522. The van der Waals surface area contributed by atoms with Crippen molar-refractivity contribution in [1.29, 1.82) is 0 Å². The Balaban J connectivity index is 2.19. The third-order valence-corrected chi connectivity index (χ3v) is 3.44. The third-order valence-electron chi connectivity index (χ3n) is 3.07. The molecule has 0 nitrogen and oxygen atoms in total. The number of benzene rings is 2. The largest absolute Gasteiger partial charge is 0.207 e. The lowest BCUT2D eigenvalue weighted by Crippen LogP contribution is -2.05. The maximum Gasteiger partial charge on any atom is 0.123 e. The van der Waals surface area contributed by atoms with Crippen LogP contribution in [0.3, 0.4) is 0 Å². The van der Waals surface area contributed by atoms with E-state index in [0.717, 1.165) is 12.0 Å². The van der Waals surface area contributed by atoms with Gasteiger partial charge in [-0.1, -0.05) is 42.0 Å². The highest BCUT2D eigenvalue weighted by atomic mass is 35.5. The molecule has 2 aromatic carbocycles. The summed E-state index contributed by atoms with van der Waals surface area (Å²) >= 11 is 6.05. The molecule has 0 saturated heterocycles. The lowest BCUT2D eigenvalue weighted by molar-refractivity contribution is 0.623. The second-order valence-corrected chi connectivity index (χ2v) is 4.91. The van der Waals surface area contributed by atoms with E-state index >= 15 is 0 Å². The Hall–Kier alpha value is -1.34. The van der Waals surface area contributed by atoms with E-state index in [-0.39, 0.29) is 11.7 Å². The lowest BCUT2D eigenvalue weighted by atomic mass is 9.92. The van der Waals surface area contributed by atoms with Crippen molar-refractivity contribution in [2.45, 2.75) is 19.3 Å². The van der Waals surface area contributed by atoms with Gasteiger partial charge >= 0.3 is 0 Å². The van der Waals surface area contributed by atoms with Crippen LogP contribution in [0.25, 0.3) is 0 Å². The Kier molecular flexibility index (Phi) is 4.38. The van der Waals surface area contributed by atoms with E-state index in [1.54, 1.807) is 12.1 Å². The van der Waals surface area contributed by atoms with Crippen LogP contribution in [-0.2, 0) is 6.42 Å². The number of alkyl halides is 1. The smallest absolute Gasteiger partial charge is 0.123 e. The first kappa shape index (κ1) is 13.1. The molecule has 0 N–H and O–H groups in total. The molecular weight excluding hydrogens is 247 g/mol. The van der Waals surface area contributed by atoms with Gasteiger partial charge in [0, 0.05) is 11.8 Å². The number of rotatable bonds is 4. The van der Waals surface area contributed by atoms with Gasteiger partial charge in [-0.3, -0.25) is 0 Å². The fourth-order valence-electron chi connectivity index (χ4n) is 2.13. The summed E-state index contributed by atoms with van der Waals surface area (Å²) in [5.74, 6) is 0.582. The zero-order chi connectivity index (χ0) is 13.0. The van der Waals surface area contributed by atoms with Crippen molar-refractivity contribution < 1.29 is 4.39 Å². The van der Waals surface area contributed by atoms with Crippen LogP contribution in [0.5, 0.6) is 0 Å². The minimum Gasteiger partial charge on any atom is -0.207 e. The van der Waals surface area contributed by atoms with Gasteiger partial charge < -0.3 is 0 Å². The summed E-state index contributed by atoms with van der Waals surface area (Å²) < 4.78 is 13.2. The fourth-order valence-corrected chi connectivity index (χ4v) is 2.42. The van der Waals surface area contributed by atoms with Crippen molar-refractivity contribution in [2.75, 3.05) is 5.88 Å². The summed E-state index contributed by atoms with van der Waals surface area (Å²) in [6, 6.07) is 15.1. The van der Waals surface area contributed by atoms with Crippen LogP contribution < -0.4 is 0 Å². The van der Waals surface area contributed by atoms with E-state index in [0.29, 0.717) is 5.88 Å². The third kappa shape index (κ3) is 3.33. The topological polar surface area (TPSA) is 0 Å². The van der Waals surface area contributed by atoms with E-state index < -0.39 is 0 Å². The second kappa shape index (κ2) is 6.01. The molecule has 0 spiro atoms. The summed E-state index contributed by atoms with van der Waals surface area (Å²) in [5, 5.41) is 0. The van der Waals surface area contributed by atoms with E-state index in [1.165, 1.54) is 17.2 Å². The molecule has 0 saturated carbocycles. The molecule has 0 aliphatic carbocycles. The molecule has 18 heavy (non-hydrogen) atoms. The molecule has 0 amide bonds. The first-order chi connectivity index (χ1) is 8.69. The van der Waals surface area contributed by atoms with Gasteiger partial charge in [0.2, 0.25) is 0 Å². The summed E-state index contributed by atoms with van der Waals surface area (Å²) in [6.45, 7) is 2.07. The van der Waals surface area contributed by atoms with Gasteiger partial charge in [-0.2, -0.15) is 0 Å². The zero-order valence-corrected chi connectivity index (χ0v) is 11.1. The molecule has 0 radical (unpaired) electrons. The maximum absolute atomic E-state index is 13.2. The van der Waals surface area contributed by atoms with Crippen molar-refractivity contribution >= 4 is 11.6 Å². The maximum atomic E-state index is 13.2. The Morgan fingerprint density at radius 2 is 1.89 bits per heavy atom. The standard InChI is InChI=1S/C16H16ClF/c1-12-4-2-6-14(8-12)15(11-17)9-13-5-3-7-16(18)10-13/h2-8,10,15H,9,11H2,1H3. The highest BCUT2D eigenvalue weighted by Crippen LogP contribution is 2.23. The van der Waals surface area contributed by atoms with Gasteiger partial charge in [-0.15, -0.1) is 11.6 Å². The normalized spacial score (nSPS) is 12.4. The minimum absolute atomic E-state index is 0.190. The van der Waals surface area contributed by atoms with E-state index in [9.17, 15) is 4.39 Å². The lowest BCUT2D eigenvalue weighted by Gasteiger charge is -2.15. The minimum atomic E-state index is -0.190. The van der Waals surface area contributed by atoms with Crippen LogP contribution >= 0.6 is 11.6 Å². The van der Waals surface area contributed by atoms with E-state index in [1.807, 2.05) is 12.1 Å².